The highest BCUT2D eigenvalue weighted by atomic mass is 19.3. The third kappa shape index (κ3) is 3.44. The van der Waals surface area contributed by atoms with E-state index in [0.29, 0.717) is 16.7 Å². The maximum absolute atomic E-state index is 12.6. The van der Waals surface area contributed by atoms with E-state index in [1.165, 1.54) is 25.3 Å². The van der Waals surface area contributed by atoms with Gasteiger partial charge in [-0.05, 0) is 30.3 Å². The zero-order valence-corrected chi connectivity index (χ0v) is 12.9. The van der Waals surface area contributed by atoms with E-state index in [2.05, 4.69) is 20.0 Å². The number of aromatic nitrogens is 2. The van der Waals surface area contributed by atoms with Gasteiger partial charge in [-0.25, -0.2) is 4.79 Å². The maximum Gasteiger partial charge on any atom is 0.387 e. The summed E-state index contributed by atoms with van der Waals surface area (Å²) in [6, 6.07) is 8.94. The van der Waals surface area contributed by atoms with Crippen molar-refractivity contribution in [3.63, 3.8) is 0 Å². The number of para-hydroxylation sites is 1. The average Bonchev–Trinajstić information content (AvgIpc) is 2.93. The van der Waals surface area contributed by atoms with Crippen LogP contribution in [0.5, 0.6) is 11.5 Å². The normalized spacial score (nSPS) is 10.9. The van der Waals surface area contributed by atoms with Crippen LogP contribution in [0.2, 0.25) is 0 Å². The van der Waals surface area contributed by atoms with E-state index in [4.69, 9.17) is 4.74 Å². The molecule has 3 aromatic rings. The van der Waals surface area contributed by atoms with Crippen molar-refractivity contribution in [3.05, 3.63) is 52.4 Å². The number of carbonyl (C=O) groups excluding carboxylic acids is 1. The number of imidazole rings is 1. The van der Waals surface area contributed by atoms with Gasteiger partial charge in [0.05, 0.1) is 23.7 Å². The van der Waals surface area contributed by atoms with Crippen LogP contribution in [0.4, 0.5) is 14.5 Å². The number of benzene rings is 2. The quantitative estimate of drug-likeness (QED) is 0.660. The van der Waals surface area contributed by atoms with Gasteiger partial charge in [0.2, 0.25) is 0 Å². The molecule has 0 unspecified atom stereocenters. The van der Waals surface area contributed by atoms with E-state index < -0.39 is 12.5 Å². The molecular formula is C16H13F2N3O4. The largest absolute Gasteiger partial charge is 0.493 e. The standard InChI is InChI=1S/C16H13F2N3O4/c1-24-12-4-2-3-9(13(12)25-15(17)18)14(22)19-8-5-6-10-11(7-8)21-16(23)20-10/h2-7,15H,1H3,(H,19,22)(H2,20,21,23). The van der Waals surface area contributed by atoms with Gasteiger partial charge in [0.15, 0.2) is 11.5 Å². The fourth-order valence-corrected chi connectivity index (χ4v) is 2.37. The Bertz CT molecular complexity index is 981. The van der Waals surface area contributed by atoms with Crippen molar-refractivity contribution in [3.8, 4) is 11.5 Å². The molecule has 1 heterocycles. The highest BCUT2D eigenvalue weighted by molar-refractivity contribution is 6.07. The summed E-state index contributed by atoms with van der Waals surface area (Å²) in [7, 11) is 1.28. The van der Waals surface area contributed by atoms with Crippen molar-refractivity contribution in [2.24, 2.45) is 0 Å². The SMILES string of the molecule is COc1cccc(C(=O)Nc2ccc3[nH]c(=O)[nH]c3c2)c1OC(F)F. The first-order valence-electron chi connectivity index (χ1n) is 7.13. The highest BCUT2D eigenvalue weighted by Gasteiger charge is 2.20. The molecule has 1 amide bonds. The maximum atomic E-state index is 12.6. The zero-order valence-electron chi connectivity index (χ0n) is 12.9. The first-order chi connectivity index (χ1) is 12.0. The smallest absolute Gasteiger partial charge is 0.387 e. The minimum absolute atomic E-state index is 0.0124. The van der Waals surface area contributed by atoms with Gasteiger partial charge in [0.1, 0.15) is 0 Å². The van der Waals surface area contributed by atoms with Crippen molar-refractivity contribution >= 4 is 22.6 Å². The molecule has 0 saturated carbocycles. The van der Waals surface area contributed by atoms with Crippen LogP contribution in [0.15, 0.2) is 41.2 Å². The third-order valence-corrected chi connectivity index (χ3v) is 3.42. The molecule has 2 aromatic carbocycles. The van der Waals surface area contributed by atoms with Crippen molar-refractivity contribution in [1.82, 2.24) is 9.97 Å². The number of hydrogen-bond donors (Lipinski definition) is 3. The predicted octanol–water partition coefficient (Wildman–Crippen LogP) is 2.72. The van der Waals surface area contributed by atoms with Crippen LogP contribution in [-0.2, 0) is 0 Å². The Morgan fingerprint density at radius 2 is 1.92 bits per heavy atom. The van der Waals surface area contributed by atoms with Crippen LogP contribution in [0, 0.1) is 0 Å². The second kappa shape index (κ2) is 6.63. The Hall–Kier alpha value is -3.36. The van der Waals surface area contributed by atoms with E-state index in [1.807, 2.05) is 0 Å². The molecule has 3 N–H and O–H groups in total. The number of halogens is 2. The highest BCUT2D eigenvalue weighted by Crippen LogP contribution is 2.33. The van der Waals surface area contributed by atoms with E-state index in [1.54, 1.807) is 18.2 Å². The molecule has 9 heteroatoms. The number of amides is 1. The molecule has 1 aromatic heterocycles. The van der Waals surface area contributed by atoms with E-state index in [9.17, 15) is 18.4 Å². The molecule has 0 atom stereocenters. The predicted molar refractivity (Wildman–Crippen MR) is 86.5 cm³/mol. The van der Waals surface area contributed by atoms with Gasteiger partial charge < -0.3 is 24.8 Å². The van der Waals surface area contributed by atoms with Gasteiger partial charge in [0.25, 0.3) is 5.91 Å². The number of alkyl halides is 2. The van der Waals surface area contributed by atoms with Crippen LogP contribution in [0.25, 0.3) is 11.0 Å². The minimum atomic E-state index is -3.11. The Morgan fingerprint density at radius 1 is 1.16 bits per heavy atom. The number of nitrogens with one attached hydrogen (secondary N) is 3. The number of rotatable bonds is 5. The number of aromatic amines is 2. The third-order valence-electron chi connectivity index (χ3n) is 3.42. The summed E-state index contributed by atoms with van der Waals surface area (Å²) >= 11 is 0. The summed E-state index contributed by atoms with van der Waals surface area (Å²) in [5.41, 5.74) is 0.961. The molecule has 25 heavy (non-hydrogen) atoms. The molecule has 0 radical (unpaired) electrons. The number of fused-ring (bicyclic) bond motifs is 1. The van der Waals surface area contributed by atoms with Crippen molar-refractivity contribution in [2.75, 3.05) is 12.4 Å². The molecule has 0 bridgehead atoms. The van der Waals surface area contributed by atoms with Crippen LogP contribution >= 0.6 is 0 Å². The van der Waals surface area contributed by atoms with Gasteiger partial charge in [-0.2, -0.15) is 8.78 Å². The average molecular weight is 349 g/mol. The van der Waals surface area contributed by atoms with Gasteiger partial charge >= 0.3 is 12.3 Å². The number of anilines is 1. The van der Waals surface area contributed by atoms with E-state index in [-0.39, 0.29) is 22.8 Å². The summed E-state index contributed by atoms with van der Waals surface area (Å²) in [4.78, 5) is 28.9. The lowest BCUT2D eigenvalue weighted by molar-refractivity contribution is -0.0515. The van der Waals surface area contributed by atoms with Gasteiger partial charge in [-0.1, -0.05) is 6.07 Å². The monoisotopic (exact) mass is 349 g/mol. The first-order valence-corrected chi connectivity index (χ1v) is 7.13. The first kappa shape index (κ1) is 16.5. The Kier molecular flexibility index (Phi) is 4.38. The van der Waals surface area contributed by atoms with Crippen LogP contribution in [-0.4, -0.2) is 29.6 Å². The van der Waals surface area contributed by atoms with Crippen molar-refractivity contribution in [1.29, 1.82) is 0 Å². The fourth-order valence-electron chi connectivity index (χ4n) is 2.37. The summed E-state index contributed by atoms with van der Waals surface area (Å²) in [5.74, 6) is -1.00. The zero-order chi connectivity index (χ0) is 18.0. The molecule has 0 aliphatic rings. The summed E-state index contributed by atoms with van der Waals surface area (Å²) in [6.07, 6.45) is 0. The number of H-pyrrole nitrogens is 2. The number of ether oxygens (including phenoxy) is 2. The topological polar surface area (TPSA) is 96.2 Å². The number of methoxy groups -OCH3 is 1. The molecular weight excluding hydrogens is 336 g/mol. The molecule has 3 rings (SSSR count). The van der Waals surface area contributed by atoms with Crippen molar-refractivity contribution in [2.45, 2.75) is 6.61 Å². The Balaban J connectivity index is 1.92. The molecule has 7 nitrogen and oxygen atoms in total. The fraction of sp³-hybridized carbons (Fsp3) is 0.125. The lowest BCUT2D eigenvalue weighted by Gasteiger charge is -2.14. The Morgan fingerprint density at radius 3 is 2.64 bits per heavy atom. The van der Waals surface area contributed by atoms with Crippen molar-refractivity contribution < 1.29 is 23.0 Å². The van der Waals surface area contributed by atoms with Gasteiger partial charge in [0, 0.05) is 5.69 Å². The van der Waals surface area contributed by atoms with Gasteiger partial charge in [-0.3, -0.25) is 4.79 Å². The lowest BCUT2D eigenvalue weighted by atomic mass is 10.1. The number of hydrogen-bond acceptors (Lipinski definition) is 4. The number of carbonyl (C=O) groups is 1. The second-order valence-corrected chi connectivity index (χ2v) is 5.01. The Labute approximate surface area is 139 Å². The molecule has 0 aliphatic carbocycles. The van der Waals surface area contributed by atoms with Crippen LogP contribution in [0.3, 0.4) is 0 Å². The van der Waals surface area contributed by atoms with Gasteiger partial charge in [-0.15, -0.1) is 0 Å². The molecule has 0 saturated heterocycles. The summed E-state index contributed by atoms with van der Waals surface area (Å²) in [5, 5.41) is 2.57. The lowest BCUT2D eigenvalue weighted by Crippen LogP contribution is -2.15. The van der Waals surface area contributed by atoms with E-state index >= 15 is 0 Å². The second-order valence-electron chi connectivity index (χ2n) is 5.01. The van der Waals surface area contributed by atoms with E-state index in [0.717, 1.165) is 0 Å². The van der Waals surface area contributed by atoms with Crippen LogP contribution in [0.1, 0.15) is 10.4 Å². The summed E-state index contributed by atoms with van der Waals surface area (Å²) < 4.78 is 34.7. The molecule has 0 spiro atoms. The molecule has 130 valence electrons. The molecule has 0 fully saturated rings. The molecule has 0 aliphatic heterocycles. The van der Waals surface area contributed by atoms with Crippen LogP contribution < -0.4 is 20.5 Å². The summed E-state index contributed by atoms with van der Waals surface area (Å²) in [6.45, 7) is -3.11. The minimum Gasteiger partial charge on any atom is -0.493 e.